The average Bonchev–Trinajstić information content (AvgIpc) is 3.17. The molecular weight excluding hydrogens is 276 g/mol. The van der Waals surface area contributed by atoms with Crippen molar-refractivity contribution in [3.63, 3.8) is 0 Å². The van der Waals surface area contributed by atoms with Gasteiger partial charge >= 0.3 is 0 Å². The van der Waals surface area contributed by atoms with E-state index in [4.69, 9.17) is 0 Å². The van der Waals surface area contributed by atoms with Crippen molar-refractivity contribution in [1.29, 1.82) is 0 Å². The van der Waals surface area contributed by atoms with Gasteiger partial charge in [0, 0.05) is 19.0 Å². The van der Waals surface area contributed by atoms with Gasteiger partial charge in [0.2, 0.25) is 11.8 Å². The predicted octanol–water partition coefficient (Wildman–Crippen LogP) is 2.20. The molecule has 4 heteroatoms. The summed E-state index contributed by atoms with van der Waals surface area (Å²) in [5, 5.41) is 3.03. The molecule has 1 aliphatic carbocycles. The van der Waals surface area contributed by atoms with Crippen molar-refractivity contribution in [3.05, 3.63) is 35.4 Å². The Hall–Kier alpha value is -1.84. The van der Waals surface area contributed by atoms with Crippen LogP contribution in [0.1, 0.15) is 43.2 Å². The molecule has 1 saturated carbocycles. The number of likely N-dealkylation sites (tertiary alicyclic amines) is 1. The van der Waals surface area contributed by atoms with Crippen molar-refractivity contribution >= 4 is 11.8 Å². The molecule has 1 aromatic rings. The van der Waals surface area contributed by atoms with Crippen molar-refractivity contribution < 1.29 is 9.59 Å². The number of rotatable bonds is 5. The number of carbonyl (C=O) groups excluding carboxylic acids is 2. The van der Waals surface area contributed by atoms with Crippen LogP contribution in [0.5, 0.6) is 0 Å². The number of amides is 2. The lowest BCUT2D eigenvalue weighted by Gasteiger charge is -2.24. The maximum absolute atomic E-state index is 12.5. The zero-order valence-electron chi connectivity index (χ0n) is 13.2. The smallest absolute Gasteiger partial charge is 0.243 e. The highest BCUT2D eigenvalue weighted by Gasteiger charge is 2.36. The van der Waals surface area contributed by atoms with Crippen LogP contribution in [0.4, 0.5) is 0 Å². The number of carbonyl (C=O) groups is 2. The summed E-state index contributed by atoms with van der Waals surface area (Å²) in [7, 11) is 0. The predicted molar refractivity (Wildman–Crippen MR) is 85.4 cm³/mol. The number of benzene rings is 1. The summed E-state index contributed by atoms with van der Waals surface area (Å²) < 4.78 is 0. The molecule has 118 valence electrons. The van der Waals surface area contributed by atoms with Gasteiger partial charge in [-0.3, -0.25) is 9.59 Å². The van der Waals surface area contributed by atoms with Gasteiger partial charge in [0.05, 0.1) is 0 Å². The van der Waals surface area contributed by atoms with E-state index in [0.717, 1.165) is 38.6 Å². The second-order valence-corrected chi connectivity index (χ2v) is 6.52. The van der Waals surface area contributed by atoms with E-state index in [1.807, 2.05) is 6.07 Å². The van der Waals surface area contributed by atoms with Gasteiger partial charge < -0.3 is 10.2 Å². The van der Waals surface area contributed by atoms with Crippen molar-refractivity contribution in [2.45, 2.75) is 57.5 Å². The van der Waals surface area contributed by atoms with Gasteiger partial charge in [-0.05, 0) is 44.6 Å². The van der Waals surface area contributed by atoms with Gasteiger partial charge in [-0.1, -0.05) is 29.8 Å². The van der Waals surface area contributed by atoms with E-state index in [1.165, 1.54) is 11.1 Å². The van der Waals surface area contributed by atoms with Crippen molar-refractivity contribution in [3.8, 4) is 0 Å². The summed E-state index contributed by atoms with van der Waals surface area (Å²) in [4.78, 5) is 26.5. The Kier molecular flexibility index (Phi) is 4.46. The first-order valence-corrected chi connectivity index (χ1v) is 8.29. The van der Waals surface area contributed by atoms with E-state index >= 15 is 0 Å². The summed E-state index contributed by atoms with van der Waals surface area (Å²) in [6, 6.07) is 8.37. The van der Waals surface area contributed by atoms with E-state index in [1.54, 1.807) is 4.90 Å². The Balaban J connectivity index is 1.55. The second-order valence-electron chi connectivity index (χ2n) is 6.52. The maximum atomic E-state index is 12.5. The van der Waals surface area contributed by atoms with Crippen LogP contribution < -0.4 is 5.32 Å². The molecule has 1 heterocycles. The lowest BCUT2D eigenvalue weighted by atomic mass is 10.1. The first-order chi connectivity index (χ1) is 10.6. The number of nitrogens with one attached hydrogen (secondary N) is 1. The minimum atomic E-state index is -0.245. The van der Waals surface area contributed by atoms with E-state index in [-0.39, 0.29) is 17.9 Å². The highest BCUT2D eigenvalue weighted by atomic mass is 16.2. The molecule has 1 N–H and O–H groups in total. The molecule has 1 saturated heterocycles. The quantitative estimate of drug-likeness (QED) is 0.906. The lowest BCUT2D eigenvalue weighted by molar-refractivity contribution is -0.138. The first kappa shape index (κ1) is 15.1. The minimum absolute atomic E-state index is 0.0453. The Morgan fingerprint density at radius 3 is 2.82 bits per heavy atom. The molecular formula is C18H24N2O2. The molecule has 2 fully saturated rings. The molecule has 0 radical (unpaired) electrons. The molecule has 0 spiro atoms. The summed E-state index contributed by atoms with van der Waals surface area (Å²) in [5.41, 5.74) is 2.40. The Labute approximate surface area is 131 Å². The molecule has 4 nitrogen and oxygen atoms in total. The van der Waals surface area contributed by atoms with Crippen molar-refractivity contribution in [1.82, 2.24) is 10.2 Å². The molecule has 2 amide bonds. The largest absolute Gasteiger partial charge is 0.352 e. The Morgan fingerprint density at radius 1 is 1.27 bits per heavy atom. The molecule has 3 rings (SSSR count). The molecule has 1 aromatic carbocycles. The third-order valence-corrected chi connectivity index (χ3v) is 4.51. The van der Waals surface area contributed by atoms with Crippen LogP contribution in [0.2, 0.25) is 0 Å². The van der Waals surface area contributed by atoms with Gasteiger partial charge in [0.15, 0.2) is 0 Å². The first-order valence-electron chi connectivity index (χ1n) is 8.29. The molecule has 0 bridgehead atoms. The maximum Gasteiger partial charge on any atom is 0.243 e. The monoisotopic (exact) mass is 300 g/mol. The van der Waals surface area contributed by atoms with Crippen LogP contribution in [-0.4, -0.2) is 35.3 Å². The third kappa shape index (κ3) is 3.67. The van der Waals surface area contributed by atoms with Crippen LogP contribution in [0.25, 0.3) is 0 Å². The van der Waals surface area contributed by atoms with E-state index in [0.29, 0.717) is 12.5 Å². The molecule has 1 atom stereocenters. The van der Waals surface area contributed by atoms with E-state index in [2.05, 4.69) is 30.4 Å². The number of hydrogen-bond donors (Lipinski definition) is 1. The highest BCUT2D eigenvalue weighted by Crippen LogP contribution is 2.23. The third-order valence-electron chi connectivity index (χ3n) is 4.51. The lowest BCUT2D eigenvalue weighted by Crippen LogP contribution is -2.46. The topological polar surface area (TPSA) is 49.4 Å². The van der Waals surface area contributed by atoms with Crippen LogP contribution in [-0.2, 0) is 16.0 Å². The summed E-state index contributed by atoms with van der Waals surface area (Å²) in [6.07, 6.45) is 5.12. The highest BCUT2D eigenvalue weighted by molar-refractivity contribution is 5.88. The fraction of sp³-hybridized carbons (Fsp3) is 0.556. The van der Waals surface area contributed by atoms with Crippen LogP contribution in [0, 0.1) is 6.92 Å². The number of hydrogen-bond acceptors (Lipinski definition) is 2. The average molecular weight is 300 g/mol. The summed E-state index contributed by atoms with van der Waals surface area (Å²) in [6.45, 7) is 2.78. The van der Waals surface area contributed by atoms with Gasteiger partial charge in [-0.2, -0.15) is 0 Å². The van der Waals surface area contributed by atoms with Crippen LogP contribution >= 0.6 is 0 Å². The summed E-state index contributed by atoms with van der Waals surface area (Å²) >= 11 is 0. The standard InChI is InChI=1S/C18H24N2O2/c1-13-4-2-5-14(12-13)7-10-17(21)20-11-3-6-16(20)18(22)19-15-8-9-15/h2,4-5,12,15-16H,3,6-11H2,1H3,(H,19,22). The second kappa shape index (κ2) is 6.51. The zero-order chi connectivity index (χ0) is 15.5. The van der Waals surface area contributed by atoms with Crippen molar-refractivity contribution in [2.24, 2.45) is 0 Å². The Morgan fingerprint density at radius 2 is 2.09 bits per heavy atom. The number of aryl methyl sites for hydroxylation is 2. The van der Waals surface area contributed by atoms with E-state index < -0.39 is 0 Å². The van der Waals surface area contributed by atoms with Crippen molar-refractivity contribution in [2.75, 3.05) is 6.54 Å². The van der Waals surface area contributed by atoms with Crippen LogP contribution in [0.15, 0.2) is 24.3 Å². The molecule has 0 aromatic heterocycles. The van der Waals surface area contributed by atoms with E-state index in [9.17, 15) is 9.59 Å². The Bertz CT molecular complexity index is 566. The van der Waals surface area contributed by atoms with Gasteiger partial charge in [-0.25, -0.2) is 0 Å². The molecule has 22 heavy (non-hydrogen) atoms. The molecule has 2 aliphatic rings. The fourth-order valence-electron chi connectivity index (χ4n) is 3.13. The SMILES string of the molecule is Cc1cccc(CCC(=O)N2CCCC2C(=O)NC2CC2)c1. The fourth-order valence-corrected chi connectivity index (χ4v) is 3.13. The summed E-state index contributed by atoms with van der Waals surface area (Å²) in [5.74, 6) is 0.152. The zero-order valence-corrected chi connectivity index (χ0v) is 13.2. The normalized spacial score (nSPS) is 21.0. The van der Waals surface area contributed by atoms with Gasteiger partial charge in [-0.15, -0.1) is 0 Å². The molecule has 1 unspecified atom stereocenters. The van der Waals surface area contributed by atoms with Gasteiger partial charge in [0.1, 0.15) is 6.04 Å². The van der Waals surface area contributed by atoms with Crippen LogP contribution in [0.3, 0.4) is 0 Å². The number of nitrogens with zero attached hydrogens (tertiary/aromatic N) is 1. The molecule has 1 aliphatic heterocycles. The van der Waals surface area contributed by atoms with Gasteiger partial charge in [0.25, 0.3) is 0 Å². The minimum Gasteiger partial charge on any atom is -0.352 e.